The molecular formula is C25H27N3O3. The number of anilines is 2. The molecule has 1 aliphatic heterocycles. The largest absolute Gasteiger partial charge is 0.448 e. The third-order valence-corrected chi connectivity index (χ3v) is 6.41. The fourth-order valence-electron chi connectivity index (χ4n) is 4.73. The first-order chi connectivity index (χ1) is 15.2. The van der Waals surface area contributed by atoms with E-state index in [1.165, 1.54) is 19.3 Å². The molecule has 6 heteroatoms. The molecule has 1 aromatic carbocycles. The number of aromatic nitrogens is 1. The van der Waals surface area contributed by atoms with Crippen LogP contribution in [0.15, 0.2) is 59.3 Å². The number of benzene rings is 1. The monoisotopic (exact) mass is 417 g/mol. The van der Waals surface area contributed by atoms with Crippen molar-refractivity contribution >= 4 is 23.4 Å². The van der Waals surface area contributed by atoms with Crippen LogP contribution in [0.1, 0.15) is 60.1 Å². The normalized spacial score (nSPS) is 16.3. The maximum atomic E-state index is 13.3. The first-order valence-electron chi connectivity index (χ1n) is 11.1. The lowest BCUT2D eigenvalue weighted by Crippen LogP contribution is -2.30. The topological polar surface area (TPSA) is 67.5 Å². The molecule has 0 saturated heterocycles. The summed E-state index contributed by atoms with van der Waals surface area (Å²) < 4.78 is 7.81. The van der Waals surface area contributed by atoms with E-state index in [-0.39, 0.29) is 11.8 Å². The average molecular weight is 418 g/mol. The molecule has 1 fully saturated rings. The smallest absolute Gasteiger partial charge is 0.260 e. The molecule has 31 heavy (non-hydrogen) atoms. The summed E-state index contributed by atoms with van der Waals surface area (Å²) in [5.74, 6) is 1.03. The number of carbonyl (C=O) groups excluding carboxylic acids is 2. The van der Waals surface area contributed by atoms with E-state index in [4.69, 9.17) is 4.42 Å². The second-order valence-corrected chi connectivity index (χ2v) is 8.60. The molecule has 2 aromatic heterocycles. The number of furan rings is 1. The SMILES string of the molecule is O=C(CC1CCCCC1)Nc1ccc(C(=O)N2Cc3cccn3Cc3ccoc32)cc1. The van der Waals surface area contributed by atoms with Crippen molar-refractivity contribution in [1.82, 2.24) is 4.57 Å². The van der Waals surface area contributed by atoms with Gasteiger partial charge in [0, 0.05) is 35.1 Å². The molecule has 0 spiro atoms. The van der Waals surface area contributed by atoms with Crippen LogP contribution < -0.4 is 10.2 Å². The quantitative estimate of drug-likeness (QED) is 0.634. The third-order valence-electron chi connectivity index (χ3n) is 6.41. The molecule has 0 atom stereocenters. The van der Waals surface area contributed by atoms with E-state index >= 15 is 0 Å². The van der Waals surface area contributed by atoms with Gasteiger partial charge in [0.2, 0.25) is 11.8 Å². The maximum absolute atomic E-state index is 13.3. The molecule has 5 rings (SSSR count). The number of hydrogen-bond acceptors (Lipinski definition) is 3. The summed E-state index contributed by atoms with van der Waals surface area (Å²) in [6, 6.07) is 13.1. The van der Waals surface area contributed by atoms with E-state index in [2.05, 4.69) is 9.88 Å². The van der Waals surface area contributed by atoms with Crippen LogP contribution in [0.5, 0.6) is 0 Å². The molecule has 1 saturated carbocycles. The third kappa shape index (κ3) is 4.15. The van der Waals surface area contributed by atoms with E-state index in [1.807, 2.05) is 24.4 Å². The van der Waals surface area contributed by atoms with Gasteiger partial charge in [-0.1, -0.05) is 19.3 Å². The standard InChI is InChI=1S/C25H27N3O3/c29-23(15-18-5-2-1-3-6-18)26-21-10-8-19(9-11-21)24(30)28-17-22-7-4-13-27(22)16-20-12-14-31-25(20)28/h4,7-14,18H,1-3,5-6,15-17H2,(H,26,29). The summed E-state index contributed by atoms with van der Waals surface area (Å²) in [5, 5.41) is 2.98. The van der Waals surface area contributed by atoms with Crippen LogP contribution in [-0.2, 0) is 17.9 Å². The Kier molecular flexibility index (Phi) is 5.37. The van der Waals surface area contributed by atoms with Gasteiger partial charge in [-0.3, -0.25) is 14.5 Å². The van der Waals surface area contributed by atoms with E-state index in [1.54, 1.807) is 35.4 Å². The zero-order chi connectivity index (χ0) is 21.2. The van der Waals surface area contributed by atoms with Crippen LogP contribution in [0.2, 0.25) is 0 Å². The maximum Gasteiger partial charge on any atom is 0.260 e. The van der Waals surface area contributed by atoms with Crippen LogP contribution in [0, 0.1) is 5.92 Å². The summed E-state index contributed by atoms with van der Waals surface area (Å²) in [6.07, 6.45) is 10.3. The van der Waals surface area contributed by atoms with Crippen molar-refractivity contribution < 1.29 is 14.0 Å². The number of nitrogens with zero attached hydrogens (tertiary/aromatic N) is 2. The first-order valence-corrected chi connectivity index (χ1v) is 11.1. The number of rotatable bonds is 4. The summed E-state index contributed by atoms with van der Waals surface area (Å²) >= 11 is 0. The Morgan fingerprint density at radius 2 is 1.81 bits per heavy atom. The molecule has 160 valence electrons. The number of nitrogens with one attached hydrogen (secondary N) is 1. The molecule has 1 aliphatic carbocycles. The van der Waals surface area contributed by atoms with Crippen LogP contribution in [0.3, 0.4) is 0 Å². The van der Waals surface area contributed by atoms with Crippen LogP contribution >= 0.6 is 0 Å². The fourth-order valence-corrected chi connectivity index (χ4v) is 4.73. The highest BCUT2D eigenvalue weighted by Gasteiger charge is 2.27. The zero-order valence-electron chi connectivity index (χ0n) is 17.5. The van der Waals surface area contributed by atoms with Crippen LogP contribution in [-0.4, -0.2) is 16.4 Å². The summed E-state index contributed by atoms with van der Waals surface area (Å²) in [4.78, 5) is 27.4. The Morgan fingerprint density at radius 3 is 2.61 bits per heavy atom. The number of amides is 2. The van der Waals surface area contributed by atoms with E-state index < -0.39 is 0 Å². The van der Waals surface area contributed by atoms with Gasteiger partial charge in [0.1, 0.15) is 0 Å². The highest BCUT2D eigenvalue weighted by Crippen LogP contribution is 2.30. The van der Waals surface area contributed by atoms with Gasteiger partial charge in [-0.05, 0) is 61.2 Å². The van der Waals surface area contributed by atoms with Gasteiger partial charge in [0.05, 0.1) is 19.4 Å². The predicted octanol–water partition coefficient (Wildman–Crippen LogP) is 5.20. The highest BCUT2D eigenvalue weighted by molar-refractivity contribution is 6.06. The second-order valence-electron chi connectivity index (χ2n) is 8.60. The van der Waals surface area contributed by atoms with Crippen molar-refractivity contribution in [2.75, 3.05) is 10.2 Å². The molecule has 3 aromatic rings. The molecule has 6 nitrogen and oxygen atoms in total. The van der Waals surface area contributed by atoms with Gasteiger partial charge >= 0.3 is 0 Å². The average Bonchev–Trinajstić information content (AvgIpc) is 3.40. The Morgan fingerprint density at radius 1 is 1.00 bits per heavy atom. The minimum atomic E-state index is -0.120. The van der Waals surface area contributed by atoms with Gasteiger partial charge in [-0.25, -0.2) is 0 Å². The summed E-state index contributed by atoms with van der Waals surface area (Å²) in [5.41, 5.74) is 3.33. The Hall–Kier alpha value is -3.28. The van der Waals surface area contributed by atoms with Gasteiger partial charge in [-0.15, -0.1) is 0 Å². The molecule has 0 bridgehead atoms. The van der Waals surface area contributed by atoms with Crippen molar-refractivity contribution in [3.05, 3.63) is 71.7 Å². The van der Waals surface area contributed by atoms with Gasteiger partial charge in [-0.2, -0.15) is 0 Å². The lowest BCUT2D eigenvalue weighted by molar-refractivity contribution is -0.117. The van der Waals surface area contributed by atoms with E-state index in [0.717, 1.165) is 29.8 Å². The highest BCUT2D eigenvalue weighted by atomic mass is 16.3. The Labute approximate surface area is 181 Å². The van der Waals surface area contributed by atoms with Crippen LogP contribution in [0.4, 0.5) is 11.6 Å². The van der Waals surface area contributed by atoms with Crippen molar-refractivity contribution in [2.45, 2.75) is 51.6 Å². The van der Waals surface area contributed by atoms with E-state index in [0.29, 0.717) is 36.9 Å². The summed E-state index contributed by atoms with van der Waals surface area (Å²) in [6.45, 7) is 1.14. The fraction of sp³-hybridized carbons (Fsp3) is 0.360. The molecule has 2 aliphatic rings. The molecule has 0 unspecified atom stereocenters. The number of hydrogen-bond donors (Lipinski definition) is 1. The number of fused-ring (bicyclic) bond motifs is 2. The van der Waals surface area contributed by atoms with Crippen molar-refractivity contribution in [2.24, 2.45) is 5.92 Å². The lowest BCUT2D eigenvalue weighted by atomic mass is 9.87. The molecule has 1 N–H and O–H groups in total. The zero-order valence-corrected chi connectivity index (χ0v) is 17.5. The van der Waals surface area contributed by atoms with Crippen molar-refractivity contribution in [1.29, 1.82) is 0 Å². The molecule has 3 heterocycles. The molecule has 0 radical (unpaired) electrons. The molecule has 2 amide bonds. The van der Waals surface area contributed by atoms with E-state index in [9.17, 15) is 9.59 Å². The minimum Gasteiger partial charge on any atom is -0.448 e. The Balaban J connectivity index is 1.28. The summed E-state index contributed by atoms with van der Waals surface area (Å²) in [7, 11) is 0. The second kappa shape index (κ2) is 8.46. The minimum absolute atomic E-state index is 0.0551. The number of carbonyl (C=O) groups is 2. The predicted molar refractivity (Wildman–Crippen MR) is 119 cm³/mol. The van der Waals surface area contributed by atoms with Gasteiger partial charge < -0.3 is 14.3 Å². The van der Waals surface area contributed by atoms with Gasteiger partial charge in [0.25, 0.3) is 5.91 Å². The van der Waals surface area contributed by atoms with Crippen molar-refractivity contribution in [3.63, 3.8) is 0 Å². The first kappa shape index (κ1) is 19.7. The lowest BCUT2D eigenvalue weighted by Gasteiger charge is -2.21. The van der Waals surface area contributed by atoms with Gasteiger partial charge in [0.15, 0.2) is 0 Å². The van der Waals surface area contributed by atoms with Crippen LogP contribution in [0.25, 0.3) is 0 Å². The van der Waals surface area contributed by atoms with Crippen molar-refractivity contribution in [3.8, 4) is 0 Å². The molecular weight excluding hydrogens is 390 g/mol. The Bertz CT molecular complexity index is 1070.